The van der Waals surface area contributed by atoms with Crippen LogP contribution in [0.15, 0.2) is 6.07 Å². The van der Waals surface area contributed by atoms with E-state index in [-0.39, 0.29) is 5.95 Å². The van der Waals surface area contributed by atoms with E-state index in [2.05, 4.69) is 9.97 Å². The second-order valence-corrected chi connectivity index (χ2v) is 4.04. The van der Waals surface area contributed by atoms with Gasteiger partial charge in [0.25, 0.3) is 0 Å². The molecule has 0 saturated heterocycles. The Bertz CT molecular complexity index is 300. The third-order valence-electron chi connectivity index (χ3n) is 2.13. The lowest BCUT2D eigenvalue weighted by Gasteiger charge is -2.06. The summed E-state index contributed by atoms with van der Waals surface area (Å²) in [5.74, 6) is 1.56. The minimum Gasteiger partial charge on any atom is -0.478 e. The van der Waals surface area contributed by atoms with Gasteiger partial charge >= 0.3 is 0 Å². The van der Waals surface area contributed by atoms with E-state index in [0.29, 0.717) is 12.5 Å². The number of hydrogen-bond acceptors (Lipinski definition) is 4. The summed E-state index contributed by atoms with van der Waals surface area (Å²) < 4.78 is 5.48. The van der Waals surface area contributed by atoms with Gasteiger partial charge in [-0.3, -0.25) is 0 Å². The van der Waals surface area contributed by atoms with Crippen LogP contribution in [-0.2, 0) is 0 Å². The Hall–Kier alpha value is -1.03. The molecule has 0 aliphatic carbocycles. The second-order valence-electron chi connectivity index (χ2n) is 3.66. The minimum atomic E-state index is 0.261. The third-order valence-corrected chi connectivity index (χ3v) is 2.39. The zero-order valence-electron chi connectivity index (χ0n) is 9.58. The summed E-state index contributed by atoms with van der Waals surface area (Å²) in [6.07, 6.45) is 4.37. The van der Waals surface area contributed by atoms with Crippen LogP contribution in [0.2, 0.25) is 0 Å². The fraction of sp³-hybridized carbons (Fsp3) is 0.636. The Morgan fingerprint density at radius 2 is 2.00 bits per heavy atom. The van der Waals surface area contributed by atoms with Gasteiger partial charge in [-0.25, -0.2) is 4.98 Å². The van der Waals surface area contributed by atoms with Crippen LogP contribution in [0.4, 0.5) is 5.95 Å². The third kappa shape index (κ3) is 5.16. The van der Waals surface area contributed by atoms with Crippen molar-refractivity contribution in [2.75, 3.05) is 18.2 Å². The molecular formula is C11H18ClN3O. The van der Waals surface area contributed by atoms with Crippen molar-refractivity contribution in [2.24, 2.45) is 0 Å². The van der Waals surface area contributed by atoms with E-state index in [1.165, 1.54) is 0 Å². The number of alkyl halides is 1. The van der Waals surface area contributed by atoms with Gasteiger partial charge in [-0.1, -0.05) is 12.8 Å². The first-order valence-corrected chi connectivity index (χ1v) is 6.06. The number of ether oxygens (including phenoxy) is 1. The standard InChI is InChI=1S/C11H18ClN3O/c1-9-8-10(15-11(13)14-9)16-7-5-3-2-4-6-12/h8H,2-7H2,1H3,(H2,13,14,15). The molecule has 0 aliphatic rings. The molecule has 2 N–H and O–H groups in total. The van der Waals surface area contributed by atoms with E-state index >= 15 is 0 Å². The number of nitrogens with zero attached hydrogens (tertiary/aromatic N) is 2. The number of anilines is 1. The molecule has 0 aliphatic heterocycles. The normalized spacial score (nSPS) is 10.4. The summed E-state index contributed by atoms with van der Waals surface area (Å²) in [6, 6.07) is 1.79. The maximum absolute atomic E-state index is 5.58. The topological polar surface area (TPSA) is 61.0 Å². The Kier molecular flexibility index (Phi) is 5.93. The first-order valence-electron chi connectivity index (χ1n) is 5.52. The van der Waals surface area contributed by atoms with Crippen molar-refractivity contribution >= 4 is 17.5 Å². The molecule has 0 fully saturated rings. The second kappa shape index (κ2) is 7.28. The highest BCUT2D eigenvalue weighted by atomic mass is 35.5. The molecule has 0 bridgehead atoms. The molecule has 1 rings (SSSR count). The average Bonchev–Trinajstić information content (AvgIpc) is 2.22. The molecule has 1 aromatic heterocycles. The van der Waals surface area contributed by atoms with Gasteiger partial charge in [0.05, 0.1) is 6.61 Å². The van der Waals surface area contributed by atoms with Gasteiger partial charge in [-0.05, 0) is 19.8 Å². The van der Waals surface area contributed by atoms with E-state index in [0.717, 1.165) is 37.3 Å². The maximum Gasteiger partial charge on any atom is 0.223 e. The van der Waals surface area contributed by atoms with E-state index in [9.17, 15) is 0 Å². The predicted molar refractivity (Wildman–Crippen MR) is 65.9 cm³/mol. The molecule has 90 valence electrons. The molecule has 0 amide bonds. The quantitative estimate of drug-likeness (QED) is 0.591. The molecule has 1 aromatic rings. The average molecular weight is 244 g/mol. The lowest BCUT2D eigenvalue weighted by atomic mass is 10.2. The monoisotopic (exact) mass is 243 g/mol. The highest BCUT2D eigenvalue weighted by Gasteiger charge is 1.99. The molecule has 0 atom stereocenters. The largest absolute Gasteiger partial charge is 0.478 e. The minimum absolute atomic E-state index is 0.261. The molecule has 0 aromatic carbocycles. The number of aryl methyl sites for hydroxylation is 1. The number of nitrogens with two attached hydrogens (primary N) is 1. The van der Waals surface area contributed by atoms with Crippen molar-refractivity contribution in [3.05, 3.63) is 11.8 Å². The number of nitrogen functional groups attached to an aromatic ring is 1. The van der Waals surface area contributed by atoms with Gasteiger partial charge in [-0.2, -0.15) is 4.98 Å². The Balaban J connectivity index is 2.21. The van der Waals surface area contributed by atoms with Crippen LogP contribution < -0.4 is 10.5 Å². The molecule has 16 heavy (non-hydrogen) atoms. The SMILES string of the molecule is Cc1cc(OCCCCCCCl)nc(N)n1. The van der Waals surface area contributed by atoms with Crippen LogP contribution in [-0.4, -0.2) is 22.5 Å². The van der Waals surface area contributed by atoms with Crippen LogP contribution in [0.25, 0.3) is 0 Å². The molecule has 0 unspecified atom stereocenters. The van der Waals surface area contributed by atoms with E-state index in [1.807, 2.05) is 6.92 Å². The van der Waals surface area contributed by atoms with Crippen LogP contribution in [0.5, 0.6) is 5.88 Å². The lowest BCUT2D eigenvalue weighted by Crippen LogP contribution is -2.03. The van der Waals surface area contributed by atoms with Crippen molar-refractivity contribution in [3.8, 4) is 5.88 Å². The molecule has 0 saturated carbocycles. The van der Waals surface area contributed by atoms with Crippen LogP contribution in [0.1, 0.15) is 31.4 Å². The molecular weight excluding hydrogens is 226 g/mol. The number of rotatable bonds is 7. The highest BCUT2D eigenvalue weighted by molar-refractivity contribution is 6.17. The summed E-state index contributed by atoms with van der Waals surface area (Å²) in [4.78, 5) is 7.97. The fourth-order valence-electron chi connectivity index (χ4n) is 1.36. The summed E-state index contributed by atoms with van der Waals surface area (Å²) in [7, 11) is 0. The van der Waals surface area contributed by atoms with Crippen LogP contribution in [0.3, 0.4) is 0 Å². The Labute approximate surface area is 101 Å². The Morgan fingerprint density at radius 3 is 2.69 bits per heavy atom. The lowest BCUT2D eigenvalue weighted by molar-refractivity contribution is 0.293. The van der Waals surface area contributed by atoms with E-state index in [4.69, 9.17) is 22.1 Å². The van der Waals surface area contributed by atoms with Gasteiger partial charge in [0, 0.05) is 17.6 Å². The van der Waals surface area contributed by atoms with Crippen molar-refractivity contribution in [3.63, 3.8) is 0 Å². The smallest absolute Gasteiger partial charge is 0.223 e. The zero-order valence-corrected chi connectivity index (χ0v) is 10.3. The van der Waals surface area contributed by atoms with E-state index < -0.39 is 0 Å². The number of aromatic nitrogens is 2. The van der Waals surface area contributed by atoms with Gasteiger partial charge in [-0.15, -0.1) is 11.6 Å². The van der Waals surface area contributed by atoms with E-state index in [1.54, 1.807) is 6.07 Å². The van der Waals surface area contributed by atoms with Gasteiger partial charge in [0.1, 0.15) is 0 Å². The summed E-state index contributed by atoms with van der Waals surface area (Å²) in [5, 5.41) is 0. The molecule has 5 heteroatoms. The number of unbranched alkanes of at least 4 members (excludes halogenated alkanes) is 3. The summed E-state index contributed by atoms with van der Waals surface area (Å²) in [5.41, 5.74) is 6.34. The van der Waals surface area contributed by atoms with Gasteiger partial charge < -0.3 is 10.5 Å². The zero-order chi connectivity index (χ0) is 11.8. The Morgan fingerprint density at radius 1 is 1.25 bits per heavy atom. The van der Waals surface area contributed by atoms with Crippen molar-refractivity contribution < 1.29 is 4.74 Å². The molecule has 0 radical (unpaired) electrons. The highest BCUT2D eigenvalue weighted by Crippen LogP contribution is 2.10. The fourth-order valence-corrected chi connectivity index (χ4v) is 1.55. The van der Waals surface area contributed by atoms with Gasteiger partial charge in [0.2, 0.25) is 11.8 Å². The van der Waals surface area contributed by atoms with Gasteiger partial charge in [0.15, 0.2) is 0 Å². The van der Waals surface area contributed by atoms with Crippen LogP contribution >= 0.6 is 11.6 Å². The van der Waals surface area contributed by atoms with Crippen molar-refractivity contribution in [1.82, 2.24) is 9.97 Å². The predicted octanol–water partition coefficient (Wildman–Crippen LogP) is 2.55. The first-order chi connectivity index (χ1) is 7.72. The maximum atomic E-state index is 5.58. The summed E-state index contributed by atoms with van der Waals surface area (Å²) >= 11 is 5.58. The van der Waals surface area contributed by atoms with Crippen LogP contribution in [0, 0.1) is 6.92 Å². The first kappa shape index (κ1) is 13.0. The molecule has 1 heterocycles. The number of halogens is 1. The van der Waals surface area contributed by atoms with Crippen molar-refractivity contribution in [2.45, 2.75) is 32.6 Å². The number of hydrogen-bond donors (Lipinski definition) is 1. The molecule has 0 spiro atoms. The van der Waals surface area contributed by atoms with Crippen molar-refractivity contribution in [1.29, 1.82) is 0 Å². The summed E-state index contributed by atoms with van der Waals surface area (Å²) in [6.45, 7) is 2.53. The molecule has 4 nitrogen and oxygen atoms in total.